The molecular weight excluding hydrogens is 444 g/mol. The monoisotopic (exact) mass is 472 g/mol. The maximum Gasteiger partial charge on any atom is 0.272 e. The highest BCUT2D eigenvalue weighted by molar-refractivity contribution is 7.89. The highest BCUT2D eigenvalue weighted by Crippen LogP contribution is 2.30. The van der Waals surface area contributed by atoms with Crippen LogP contribution >= 0.6 is 0 Å². The Morgan fingerprint density at radius 2 is 1.79 bits per heavy atom. The van der Waals surface area contributed by atoms with E-state index in [-0.39, 0.29) is 28.7 Å². The number of fused-ring (bicyclic) bond motifs is 1. The number of carbonyl (C=O) groups is 1. The van der Waals surface area contributed by atoms with Crippen molar-refractivity contribution in [1.29, 1.82) is 0 Å². The molecule has 33 heavy (non-hydrogen) atoms. The fourth-order valence-electron chi connectivity index (χ4n) is 3.49. The topological polar surface area (TPSA) is 121 Å². The Labute approximate surface area is 192 Å². The molecular formula is C23H28N4O5S. The summed E-state index contributed by atoms with van der Waals surface area (Å²) in [5.74, 6) is -0.0678. The van der Waals surface area contributed by atoms with Gasteiger partial charge in [-0.15, -0.1) is 0 Å². The zero-order valence-corrected chi connectivity index (χ0v) is 19.9. The van der Waals surface area contributed by atoms with Gasteiger partial charge in [0.1, 0.15) is 5.75 Å². The van der Waals surface area contributed by atoms with Crippen molar-refractivity contribution in [3.63, 3.8) is 0 Å². The van der Waals surface area contributed by atoms with E-state index in [1.54, 1.807) is 44.2 Å². The summed E-state index contributed by atoms with van der Waals surface area (Å²) < 4.78 is 33.0. The van der Waals surface area contributed by atoms with Crippen LogP contribution < -0.4 is 15.6 Å². The second-order valence-corrected chi connectivity index (χ2v) is 9.62. The lowest BCUT2D eigenvalue weighted by atomic mass is 10.1. The lowest BCUT2D eigenvalue weighted by Gasteiger charge is -2.20. The molecule has 0 aliphatic carbocycles. The van der Waals surface area contributed by atoms with Gasteiger partial charge in [-0.25, -0.2) is 13.5 Å². The summed E-state index contributed by atoms with van der Waals surface area (Å²) in [4.78, 5) is 25.0. The molecule has 3 aromatic rings. The number of benzene rings is 2. The van der Waals surface area contributed by atoms with Crippen LogP contribution in [0.5, 0.6) is 5.75 Å². The summed E-state index contributed by atoms with van der Waals surface area (Å²) in [6.07, 6.45) is -0.304. The molecule has 2 N–H and O–H groups in total. The SMILES string of the molecule is CCN(CC)S(=O)(=O)c1ccc(OC(C)C)c(NC(=O)Cc2n[nH]c(=O)c3ccccc23)c1. The number of anilines is 1. The Balaban J connectivity index is 1.95. The van der Waals surface area contributed by atoms with Crippen molar-refractivity contribution < 1.29 is 17.9 Å². The molecule has 3 rings (SSSR count). The molecule has 0 bridgehead atoms. The Hall–Kier alpha value is -3.24. The summed E-state index contributed by atoms with van der Waals surface area (Å²) in [6, 6.07) is 11.3. The van der Waals surface area contributed by atoms with Crippen LogP contribution in [0.4, 0.5) is 5.69 Å². The molecule has 9 nitrogen and oxygen atoms in total. The van der Waals surface area contributed by atoms with Crippen molar-refractivity contribution in [2.24, 2.45) is 0 Å². The third-order valence-corrected chi connectivity index (χ3v) is 7.08. The summed E-state index contributed by atoms with van der Waals surface area (Å²) in [7, 11) is -3.72. The summed E-state index contributed by atoms with van der Waals surface area (Å²) >= 11 is 0. The first-order valence-electron chi connectivity index (χ1n) is 10.7. The molecule has 2 aromatic carbocycles. The first-order valence-corrected chi connectivity index (χ1v) is 12.2. The average molecular weight is 473 g/mol. The molecule has 176 valence electrons. The van der Waals surface area contributed by atoms with E-state index in [0.29, 0.717) is 35.3 Å². The van der Waals surface area contributed by atoms with Crippen LogP contribution in [0.1, 0.15) is 33.4 Å². The maximum atomic E-state index is 13.0. The van der Waals surface area contributed by atoms with Crippen molar-refractivity contribution in [2.45, 2.75) is 45.1 Å². The van der Waals surface area contributed by atoms with Crippen LogP contribution in [-0.2, 0) is 21.2 Å². The number of carbonyl (C=O) groups excluding carboxylic acids is 1. The number of amides is 1. The molecule has 10 heteroatoms. The number of H-pyrrole nitrogens is 1. The van der Waals surface area contributed by atoms with Crippen LogP contribution in [0.3, 0.4) is 0 Å². The Morgan fingerprint density at radius 1 is 1.12 bits per heavy atom. The van der Waals surface area contributed by atoms with Gasteiger partial charge in [0.25, 0.3) is 5.56 Å². The Bertz CT molecular complexity index is 1310. The molecule has 0 saturated heterocycles. The van der Waals surface area contributed by atoms with E-state index in [9.17, 15) is 18.0 Å². The number of hydrogen-bond acceptors (Lipinski definition) is 6. The third kappa shape index (κ3) is 5.40. The molecule has 0 atom stereocenters. The van der Waals surface area contributed by atoms with Crippen LogP contribution in [0.15, 0.2) is 52.2 Å². The molecule has 1 amide bonds. The summed E-state index contributed by atoms with van der Waals surface area (Å²) in [6.45, 7) is 7.86. The number of sulfonamides is 1. The van der Waals surface area contributed by atoms with E-state index in [1.165, 1.54) is 16.4 Å². The van der Waals surface area contributed by atoms with Gasteiger partial charge in [-0.3, -0.25) is 9.59 Å². The van der Waals surface area contributed by atoms with Gasteiger partial charge in [-0.2, -0.15) is 9.40 Å². The molecule has 0 aliphatic heterocycles. The zero-order valence-electron chi connectivity index (χ0n) is 19.1. The third-order valence-electron chi connectivity index (χ3n) is 5.03. The van der Waals surface area contributed by atoms with Crippen LogP contribution in [-0.4, -0.2) is 48.0 Å². The lowest BCUT2D eigenvalue weighted by molar-refractivity contribution is -0.115. The van der Waals surface area contributed by atoms with Gasteiger partial charge in [0.05, 0.1) is 34.2 Å². The predicted octanol–water partition coefficient (Wildman–Crippen LogP) is 2.92. The van der Waals surface area contributed by atoms with Crippen LogP contribution in [0.25, 0.3) is 10.8 Å². The predicted molar refractivity (Wildman–Crippen MR) is 127 cm³/mol. The van der Waals surface area contributed by atoms with Gasteiger partial charge >= 0.3 is 0 Å². The standard InChI is InChI=1S/C23H28N4O5S/c1-5-27(6-2)33(30,31)16-11-12-21(32-15(3)4)20(13-16)24-22(28)14-19-17-9-7-8-10-18(17)23(29)26-25-19/h7-13,15H,5-6,14H2,1-4H3,(H,24,28)(H,26,29). The minimum atomic E-state index is -3.72. The molecule has 0 aliphatic rings. The van der Waals surface area contributed by atoms with Crippen molar-refractivity contribution in [2.75, 3.05) is 18.4 Å². The van der Waals surface area contributed by atoms with E-state index in [2.05, 4.69) is 15.5 Å². The van der Waals surface area contributed by atoms with Gasteiger partial charge in [-0.1, -0.05) is 32.0 Å². The molecule has 1 heterocycles. The van der Waals surface area contributed by atoms with E-state index in [1.807, 2.05) is 13.8 Å². The molecule has 0 saturated carbocycles. The normalized spacial score (nSPS) is 11.8. The number of aromatic amines is 1. The number of hydrogen-bond donors (Lipinski definition) is 2. The van der Waals surface area contributed by atoms with Crippen LogP contribution in [0.2, 0.25) is 0 Å². The highest BCUT2D eigenvalue weighted by atomic mass is 32.2. The maximum absolute atomic E-state index is 13.0. The van der Waals surface area contributed by atoms with E-state index in [0.717, 1.165) is 0 Å². The fraction of sp³-hybridized carbons (Fsp3) is 0.348. The Kier molecular flexibility index (Phi) is 7.50. The zero-order chi connectivity index (χ0) is 24.2. The number of nitrogens with zero attached hydrogens (tertiary/aromatic N) is 2. The molecule has 0 unspecified atom stereocenters. The number of rotatable bonds is 9. The van der Waals surface area contributed by atoms with Crippen molar-refractivity contribution in [1.82, 2.24) is 14.5 Å². The molecule has 0 radical (unpaired) electrons. The smallest absolute Gasteiger partial charge is 0.272 e. The summed E-state index contributed by atoms with van der Waals surface area (Å²) in [5.41, 5.74) is 0.313. The molecule has 1 aromatic heterocycles. The van der Waals surface area contributed by atoms with Crippen LogP contribution in [0, 0.1) is 0 Å². The minimum absolute atomic E-state index is 0.0604. The second kappa shape index (κ2) is 10.1. The van der Waals surface area contributed by atoms with Gasteiger partial charge < -0.3 is 10.1 Å². The number of ether oxygens (including phenoxy) is 1. The van der Waals surface area contributed by atoms with Gasteiger partial charge in [-0.05, 0) is 38.1 Å². The highest BCUT2D eigenvalue weighted by Gasteiger charge is 2.24. The van der Waals surface area contributed by atoms with Gasteiger partial charge in [0.15, 0.2) is 0 Å². The summed E-state index contributed by atoms with van der Waals surface area (Å²) in [5, 5.41) is 10.2. The largest absolute Gasteiger partial charge is 0.489 e. The fourth-order valence-corrected chi connectivity index (χ4v) is 4.97. The van der Waals surface area contributed by atoms with Gasteiger partial charge in [0.2, 0.25) is 15.9 Å². The van der Waals surface area contributed by atoms with E-state index >= 15 is 0 Å². The molecule has 0 spiro atoms. The first kappa shape index (κ1) is 24.4. The molecule has 0 fully saturated rings. The number of aromatic nitrogens is 2. The van der Waals surface area contributed by atoms with Crippen molar-refractivity contribution in [3.8, 4) is 5.75 Å². The van der Waals surface area contributed by atoms with Crippen molar-refractivity contribution in [3.05, 3.63) is 58.5 Å². The van der Waals surface area contributed by atoms with Crippen molar-refractivity contribution >= 4 is 32.4 Å². The first-order chi connectivity index (χ1) is 15.7. The quantitative estimate of drug-likeness (QED) is 0.494. The Morgan fingerprint density at radius 3 is 2.42 bits per heavy atom. The van der Waals surface area contributed by atoms with E-state index in [4.69, 9.17) is 4.74 Å². The number of nitrogens with one attached hydrogen (secondary N) is 2. The van der Waals surface area contributed by atoms with Gasteiger partial charge in [0, 0.05) is 18.5 Å². The second-order valence-electron chi connectivity index (χ2n) is 7.68. The lowest BCUT2D eigenvalue weighted by Crippen LogP contribution is -2.30. The minimum Gasteiger partial charge on any atom is -0.489 e. The van der Waals surface area contributed by atoms with E-state index < -0.39 is 15.9 Å². The average Bonchev–Trinajstić information content (AvgIpc) is 2.77.